The van der Waals surface area contributed by atoms with Gasteiger partial charge < -0.3 is 10.6 Å². The molecular weight excluding hydrogens is 370 g/mol. The third-order valence-corrected chi connectivity index (χ3v) is 6.20. The van der Waals surface area contributed by atoms with Crippen LogP contribution in [0.4, 0.5) is 0 Å². The quantitative estimate of drug-likeness (QED) is 0.809. The molecule has 22 heavy (non-hydrogen) atoms. The number of sulfonamides is 1. The lowest BCUT2D eigenvalue weighted by Gasteiger charge is -2.21. The first-order chi connectivity index (χ1) is 10.3. The molecule has 2 N–H and O–H groups in total. The molecule has 0 spiro atoms. The van der Waals surface area contributed by atoms with Gasteiger partial charge in [-0.05, 0) is 43.1 Å². The van der Waals surface area contributed by atoms with Crippen LogP contribution >= 0.6 is 15.9 Å². The fraction of sp³-hybridized carbons (Fsp3) is 0.500. The maximum Gasteiger partial charge on any atom is 0.243 e. The van der Waals surface area contributed by atoms with Crippen LogP contribution in [0, 0.1) is 5.92 Å². The lowest BCUT2D eigenvalue weighted by Crippen LogP contribution is -2.40. The van der Waals surface area contributed by atoms with E-state index < -0.39 is 10.0 Å². The zero-order valence-electron chi connectivity index (χ0n) is 12.4. The van der Waals surface area contributed by atoms with Crippen LogP contribution in [0.2, 0.25) is 0 Å². The molecule has 0 bridgehead atoms. The Hall–Kier alpha value is -0.960. The number of benzene rings is 1. The van der Waals surface area contributed by atoms with Gasteiger partial charge >= 0.3 is 0 Å². The van der Waals surface area contributed by atoms with Crippen molar-refractivity contribution in [3.05, 3.63) is 28.7 Å². The van der Waals surface area contributed by atoms with Gasteiger partial charge in [-0.3, -0.25) is 4.79 Å². The minimum Gasteiger partial charge on any atom is -0.341 e. The molecule has 1 aromatic rings. The molecule has 1 unspecified atom stereocenters. The van der Waals surface area contributed by atoms with Gasteiger partial charge in [0.1, 0.15) is 0 Å². The second-order valence-corrected chi connectivity index (χ2v) is 8.41. The predicted octanol–water partition coefficient (Wildman–Crippen LogP) is 0.877. The third-order valence-electron chi connectivity index (χ3n) is 3.85. The predicted molar refractivity (Wildman–Crippen MR) is 87.7 cm³/mol. The van der Waals surface area contributed by atoms with Gasteiger partial charge in [0.25, 0.3) is 0 Å². The molecule has 1 fully saturated rings. The van der Waals surface area contributed by atoms with Crippen molar-refractivity contribution in [2.24, 2.45) is 11.7 Å². The van der Waals surface area contributed by atoms with Crippen LogP contribution in [0.25, 0.3) is 0 Å². The molecular formula is C14H20BrN3O3S. The summed E-state index contributed by atoms with van der Waals surface area (Å²) in [7, 11) is -2.24. The van der Waals surface area contributed by atoms with Crippen LogP contribution in [0.5, 0.6) is 0 Å². The molecule has 1 saturated heterocycles. The number of hydrogen-bond acceptors (Lipinski definition) is 4. The van der Waals surface area contributed by atoms with Crippen molar-refractivity contribution in [1.29, 1.82) is 0 Å². The molecule has 1 aliphatic rings. The number of carbonyl (C=O) groups is 1. The van der Waals surface area contributed by atoms with Crippen LogP contribution in [0.15, 0.2) is 33.6 Å². The van der Waals surface area contributed by atoms with E-state index in [1.54, 1.807) is 17.0 Å². The first kappa shape index (κ1) is 17.4. The Morgan fingerprint density at radius 3 is 2.59 bits per heavy atom. The minimum atomic E-state index is -3.66. The van der Waals surface area contributed by atoms with E-state index in [4.69, 9.17) is 5.73 Å². The summed E-state index contributed by atoms with van der Waals surface area (Å²) < 4.78 is 26.8. The van der Waals surface area contributed by atoms with Crippen molar-refractivity contribution >= 4 is 31.9 Å². The first-order valence-corrected chi connectivity index (χ1v) is 9.27. The molecule has 122 valence electrons. The number of amides is 1. The van der Waals surface area contributed by atoms with Crippen molar-refractivity contribution < 1.29 is 13.2 Å². The van der Waals surface area contributed by atoms with E-state index in [0.717, 1.165) is 15.2 Å². The number of likely N-dealkylation sites (N-methyl/N-ethyl adjacent to an activating group) is 1. The molecule has 1 aromatic carbocycles. The van der Waals surface area contributed by atoms with Crippen molar-refractivity contribution in [2.45, 2.75) is 11.3 Å². The van der Waals surface area contributed by atoms with Crippen LogP contribution in [-0.2, 0) is 14.8 Å². The number of halogens is 1. The zero-order chi connectivity index (χ0) is 16.3. The smallest absolute Gasteiger partial charge is 0.243 e. The Morgan fingerprint density at radius 1 is 1.41 bits per heavy atom. The highest BCUT2D eigenvalue weighted by molar-refractivity contribution is 9.10. The summed E-state index contributed by atoms with van der Waals surface area (Å²) in [6.45, 7) is 1.65. The van der Waals surface area contributed by atoms with Crippen molar-refractivity contribution in [3.8, 4) is 0 Å². The Kier molecular flexibility index (Phi) is 5.60. The maximum absolute atomic E-state index is 12.4. The average Bonchev–Trinajstić information content (AvgIpc) is 2.96. The van der Waals surface area contributed by atoms with E-state index in [1.807, 2.05) is 0 Å². The molecule has 1 aliphatic heterocycles. The fourth-order valence-corrected chi connectivity index (χ4v) is 3.80. The van der Waals surface area contributed by atoms with Gasteiger partial charge in [0.15, 0.2) is 0 Å². The lowest BCUT2D eigenvalue weighted by atomic mass is 10.1. The van der Waals surface area contributed by atoms with Gasteiger partial charge in [-0.25, -0.2) is 8.42 Å². The molecule has 0 aromatic heterocycles. The molecule has 0 saturated carbocycles. The number of nitrogens with zero attached hydrogens (tertiary/aromatic N) is 2. The van der Waals surface area contributed by atoms with Gasteiger partial charge in [0.2, 0.25) is 15.9 Å². The monoisotopic (exact) mass is 389 g/mol. The fourth-order valence-electron chi connectivity index (χ4n) is 2.41. The summed E-state index contributed by atoms with van der Waals surface area (Å²) in [4.78, 5) is 14.1. The average molecular weight is 390 g/mol. The second kappa shape index (κ2) is 7.08. The molecule has 8 heteroatoms. The van der Waals surface area contributed by atoms with E-state index in [-0.39, 0.29) is 17.3 Å². The van der Waals surface area contributed by atoms with Crippen LogP contribution in [-0.4, -0.2) is 56.8 Å². The summed E-state index contributed by atoms with van der Waals surface area (Å²) in [6.07, 6.45) is 0.880. The second-order valence-electron chi connectivity index (χ2n) is 5.45. The van der Waals surface area contributed by atoms with Gasteiger partial charge in [0.05, 0.1) is 11.4 Å². The Labute approximate surface area is 139 Å². The topological polar surface area (TPSA) is 83.7 Å². The largest absolute Gasteiger partial charge is 0.341 e. The van der Waals surface area contributed by atoms with Crippen LogP contribution in [0.3, 0.4) is 0 Å². The highest BCUT2D eigenvalue weighted by Crippen LogP contribution is 2.19. The summed E-state index contributed by atoms with van der Waals surface area (Å²) in [5, 5.41) is 0. The first-order valence-electron chi connectivity index (χ1n) is 7.04. The maximum atomic E-state index is 12.4. The number of carbonyl (C=O) groups excluding carboxylic acids is 1. The van der Waals surface area contributed by atoms with E-state index in [9.17, 15) is 13.2 Å². The SMILES string of the molecule is CN(CC(=O)N1CCC(CN)C1)S(=O)(=O)c1ccc(Br)cc1. The zero-order valence-corrected chi connectivity index (χ0v) is 14.8. The van der Waals surface area contributed by atoms with Crippen molar-refractivity contribution in [2.75, 3.05) is 33.2 Å². The molecule has 0 radical (unpaired) electrons. The lowest BCUT2D eigenvalue weighted by molar-refractivity contribution is -0.130. The third kappa shape index (κ3) is 3.87. The summed E-state index contributed by atoms with van der Waals surface area (Å²) >= 11 is 3.27. The summed E-state index contributed by atoms with van der Waals surface area (Å²) in [5.74, 6) is 0.136. The number of nitrogens with two attached hydrogens (primary N) is 1. The van der Waals surface area contributed by atoms with E-state index in [0.29, 0.717) is 25.6 Å². The van der Waals surface area contributed by atoms with Gasteiger partial charge in [-0.1, -0.05) is 15.9 Å². The highest BCUT2D eigenvalue weighted by atomic mass is 79.9. The van der Waals surface area contributed by atoms with Crippen molar-refractivity contribution in [3.63, 3.8) is 0 Å². The molecule has 1 heterocycles. The molecule has 2 rings (SSSR count). The number of likely N-dealkylation sites (tertiary alicyclic amines) is 1. The Morgan fingerprint density at radius 2 is 2.05 bits per heavy atom. The highest BCUT2D eigenvalue weighted by Gasteiger charge is 2.29. The van der Waals surface area contributed by atoms with Gasteiger partial charge in [0, 0.05) is 24.6 Å². The van der Waals surface area contributed by atoms with Crippen LogP contribution < -0.4 is 5.73 Å². The Balaban J connectivity index is 2.03. The molecule has 1 amide bonds. The minimum absolute atomic E-state index is 0.157. The van der Waals surface area contributed by atoms with Gasteiger partial charge in [-0.2, -0.15) is 4.31 Å². The molecule has 6 nitrogen and oxygen atoms in total. The molecule has 0 aliphatic carbocycles. The van der Waals surface area contributed by atoms with E-state index in [1.165, 1.54) is 19.2 Å². The number of hydrogen-bond donors (Lipinski definition) is 1. The Bertz CT molecular complexity index is 633. The van der Waals surface area contributed by atoms with E-state index >= 15 is 0 Å². The number of rotatable bonds is 5. The summed E-state index contributed by atoms with van der Waals surface area (Å²) in [6, 6.07) is 6.35. The normalized spacial score (nSPS) is 18.9. The van der Waals surface area contributed by atoms with E-state index in [2.05, 4.69) is 15.9 Å². The van der Waals surface area contributed by atoms with Crippen LogP contribution in [0.1, 0.15) is 6.42 Å². The van der Waals surface area contributed by atoms with Crippen molar-refractivity contribution in [1.82, 2.24) is 9.21 Å². The molecule has 1 atom stereocenters. The standard InChI is InChI=1S/C14H20BrN3O3S/c1-17(10-14(19)18-7-6-11(8-16)9-18)22(20,21)13-4-2-12(15)3-5-13/h2-5,11H,6-10,16H2,1H3. The van der Waals surface area contributed by atoms with Gasteiger partial charge in [-0.15, -0.1) is 0 Å². The summed E-state index contributed by atoms with van der Waals surface area (Å²) in [5.41, 5.74) is 5.61.